The fourth-order valence-corrected chi connectivity index (χ4v) is 2.57. The number of aromatic nitrogens is 1. The topological polar surface area (TPSA) is 105 Å². The van der Waals surface area contributed by atoms with Crippen molar-refractivity contribution < 1.29 is 13.2 Å². The summed E-state index contributed by atoms with van der Waals surface area (Å²) in [5.41, 5.74) is 1.98. The Morgan fingerprint density at radius 1 is 1.14 bits per heavy atom. The quantitative estimate of drug-likeness (QED) is 0.707. The van der Waals surface area contributed by atoms with Crippen LogP contribution in [-0.4, -0.2) is 25.9 Å². The molecule has 0 unspecified atom stereocenters. The molecule has 0 aliphatic heterocycles. The first kappa shape index (κ1) is 16.3. The van der Waals surface area contributed by atoms with Gasteiger partial charge in [0.05, 0.1) is 4.90 Å². The van der Waals surface area contributed by atoms with E-state index in [1.807, 2.05) is 18.3 Å². The van der Waals surface area contributed by atoms with E-state index in [1.165, 1.54) is 12.1 Å². The van der Waals surface area contributed by atoms with Crippen molar-refractivity contribution in [3.05, 3.63) is 53.9 Å². The molecule has 0 bridgehead atoms. The number of aromatic amines is 1. The van der Waals surface area contributed by atoms with Crippen molar-refractivity contribution in [2.75, 3.05) is 6.54 Å². The van der Waals surface area contributed by atoms with Crippen molar-refractivity contribution in [1.82, 2.24) is 10.3 Å². The van der Waals surface area contributed by atoms with E-state index in [4.69, 9.17) is 5.14 Å². The summed E-state index contributed by atoms with van der Waals surface area (Å²) in [6, 6.07) is 10.2. The van der Waals surface area contributed by atoms with Gasteiger partial charge in [-0.3, -0.25) is 4.79 Å². The smallest absolute Gasteiger partial charge is 0.238 e. The van der Waals surface area contributed by atoms with Crippen LogP contribution in [0.1, 0.15) is 17.7 Å². The predicted molar refractivity (Wildman–Crippen MR) is 83.6 cm³/mol. The average Bonchev–Trinajstić information content (AvgIpc) is 2.98. The van der Waals surface area contributed by atoms with Crippen LogP contribution in [0.15, 0.2) is 47.5 Å². The van der Waals surface area contributed by atoms with Crippen molar-refractivity contribution in [1.29, 1.82) is 0 Å². The molecule has 2 rings (SSSR count). The maximum Gasteiger partial charge on any atom is 0.238 e. The summed E-state index contributed by atoms with van der Waals surface area (Å²) in [5.74, 6) is -0.00393. The van der Waals surface area contributed by atoms with Crippen molar-refractivity contribution in [3.8, 4) is 0 Å². The lowest BCUT2D eigenvalue weighted by Crippen LogP contribution is -2.25. The van der Waals surface area contributed by atoms with Gasteiger partial charge in [-0.05, 0) is 42.7 Å². The minimum absolute atomic E-state index is 0.00393. The number of amides is 1. The van der Waals surface area contributed by atoms with E-state index in [-0.39, 0.29) is 10.8 Å². The number of carbonyl (C=O) groups excluding carboxylic acids is 1. The number of nitrogens with two attached hydrogens (primary N) is 1. The highest BCUT2D eigenvalue weighted by Gasteiger charge is 2.07. The van der Waals surface area contributed by atoms with E-state index in [1.54, 1.807) is 12.1 Å². The first-order valence-electron chi connectivity index (χ1n) is 6.96. The second-order valence-corrected chi connectivity index (χ2v) is 6.55. The molecule has 7 heteroatoms. The molecule has 0 spiro atoms. The summed E-state index contributed by atoms with van der Waals surface area (Å²) in [4.78, 5) is 14.8. The Balaban J connectivity index is 1.73. The molecule has 0 atom stereocenters. The standard InChI is InChI=1S/C15H19N3O3S/c16-22(20,21)14-6-3-12(4-7-14)9-11-18-15(19)8-5-13-2-1-10-17-13/h1-4,6-7,10,17H,5,8-9,11H2,(H,18,19)(H2,16,20,21). The fourth-order valence-electron chi connectivity index (χ4n) is 2.05. The minimum Gasteiger partial charge on any atom is -0.365 e. The Labute approximate surface area is 129 Å². The molecule has 1 aromatic carbocycles. The van der Waals surface area contributed by atoms with Crippen LogP contribution >= 0.6 is 0 Å². The molecule has 1 heterocycles. The van der Waals surface area contributed by atoms with Crippen LogP contribution in [0.3, 0.4) is 0 Å². The predicted octanol–water partition coefficient (Wildman–Crippen LogP) is 0.954. The number of hydrogen-bond acceptors (Lipinski definition) is 3. The number of benzene rings is 1. The van der Waals surface area contributed by atoms with E-state index >= 15 is 0 Å². The van der Waals surface area contributed by atoms with Crippen molar-refractivity contribution in [2.24, 2.45) is 5.14 Å². The van der Waals surface area contributed by atoms with Gasteiger partial charge in [0.15, 0.2) is 0 Å². The van der Waals surface area contributed by atoms with E-state index in [0.717, 1.165) is 11.3 Å². The number of nitrogens with one attached hydrogen (secondary N) is 2. The third-order valence-corrected chi connectivity index (χ3v) is 4.20. The van der Waals surface area contributed by atoms with Crippen LogP contribution in [-0.2, 0) is 27.7 Å². The van der Waals surface area contributed by atoms with Gasteiger partial charge in [-0.15, -0.1) is 0 Å². The molecule has 0 aliphatic carbocycles. The number of hydrogen-bond donors (Lipinski definition) is 3. The molecule has 0 aliphatic rings. The van der Waals surface area contributed by atoms with Crippen molar-refractivity contribution in [3.63, 3.8) is 0 Å². The molecule has 22 heavy (non-hydrogen) atoms. The highest BCUT2D eigenvalue weighted by atomic mass is 32.2. The molecule has 1 amide bonds. The van der Waals surface area contributed by atoms with Crippen LogP contribution in [0.4, 0.5) is 0 Å². The molecule has 2 aromatic rings. The Morgan fingerprint density at radius 2 is 1.86 bits per heavy atom. The normalized spacial score (nSPS) is 11.3. The molecule has 0 radical (unpaired) electrons. The molecule has 4 N–H and O–H groups in total. The Hall–Kier alpha value is -2.12. The van der Waals surface area contributed by atoms with E-state index in [9.17, 15) is 13.2 Å². The Bertz CT molecular complexity index is 707. The number of carbonyl (C=O) groups is 1. The Kier molecular flexibility index (Phi) is 5.35. The van der Waals surface area contributed by atoms with Gasteiger partial charge in [-0.25, -0.2) is 13.6 Å². The van der Waals surface area contributed by atoms with Crippen LogP contribution in [0.2, 0.25) is 0 Å². The summed E-state index contributed by atoms with van der Waals surface area (Å²) in [6.45, 7) is 0.512. The maximum absolute atomic E-state index is 11.7. The molecular formula is C15H19N3O3S. The monoisotopic (exact) mass is 321 g/mol. The summed E-state index contributed by atoms with van der Waals surface area (Å²) in [7, 11) is -3.66. The van der Waals surface area contributed by atoms with Gasteiger partial charge < -0.3 is 10.3 Å². The molecule has 118 valence electrons. The average molecular weight is 321 g/mol. The summed E-state index contributed by atoms with van der Waals surface area (Å²) < 4.78 is 22.3. The van der Waals surface area contributed by atoms with Gasteiger partial charge in [-0.1, -0.05) is 12.1 Å². The highest BCUT2D eigenvalue weighted by Crippen LogP contribution is 2.09. The zero-order chi connectivity index (χ0) is 16.0. The van der Waals surface area contributed by atoms with Crippen molar-refractivity contribution >= 4 is 15.9 Å². The molecule has 0 saturated heterocycles. The van der Waals surface area contributed by atoms with Gasteiger partial charge in [-0.2, -0.15) is 0 Å². The van der Waals surface area contributed by atoms with Gasteiger partial charge in [0.25, 0.3) is 0 Å². The number of aryl methyl sites for hydroxylation is 1. The number of primary sulfonamides is 1. The van der Waals surface area contributed by atoms with Crippen LogP contribution in [0, 0.1) is 0 Å². The second kappa shape index (κ2) is 7.24. The number of H-pyrrole nitrogens is 1. The number of sulfonamides is 1. The Morgan fingerprint density at radius 3 is 2.45 bits per heavy atom. The molecule has 0 saturated carbocycles. The van der Waals surface area contributed by atoms with Crippen molar-refractivity contribution in [2.45, 2.75) is 24.2 Å². The van der Waals surface area contributed by atoms with E-state index in [0.29, 0.717) is 25.8 Å². The lowest BCUT2D eigenvalue weighted by Gasteiger charge is -2.06. The third kappa shape index (κ3) is 5.01. The van der Waals surface area contributed by atoms with Gasteiger partial charge in [0, 0.05) is 24.9 Å². The molecule has 6 nitrogen and oxygen atoms in total. The van der Waals surface area contributed by atoms with Gasteiger partial charge >= 0.3 is 0 Å². The zero-order valence-corrected chi connectivity index (χ0v) is 12.9. The van der Waals surface area contributed by atoms with E-state index < -0.39 is 10.0 Å². The van der Waals surface area contributed by atoms with E-state index in [2.05, 4.69) is 10.3 Å². The summed E-state index contributed by atoms with van der Waals surface area (Å²) >= 11 is 0. The van der Waals surface area contributed by atoms with Gasteiger partial charge in [0.2, 0.25) is 15.9 Å². The minimum atomic E-state index is -3.66. The maximum atomic E-state index is 11.7. The lowest BCUT2D eigenvalue weighted by atomic mass is 10.1. The second-order valence-electron chi connectivity index (χ2n) is 4.98. The summed E-state index contributed by atoms with van der Waals surface area (Å²) in [5, 5.41) is 7.88. The fraction of sp³-hybridized carbons (Fsp3) is 0.267. The SMILES string of the molecule is NS(=O)(=O)c1ccc(CCNC(=O)CCc2ccc[nH]2)cc1. The molecule has 0 fully saturated rings. The van der Waals surface area contributed by atoms with Crippen LogP contribution < -0.4 is 10.5 Å². The first-order valence-corrected chi connectivity index (χ1v) is 8.50. The zero-order valence-electron chi connectivity index (χ0n) is 12.1. The van der Waals surface area contributed by atoms with Gasteiger partial charge in [0.1, 0.15) is 0 Å². The lowest BCUT2D eigenvalue weighted by molar-refractivity contribution is -0.121. The summed E-state index contributed by atoms with van der Waals surface area (Å²) in [6.07, 6.45) is 3.59. The number of rotatable bonds is 7. The first-order chi connectivity index (χ1) is 10.4. The van der Waals surface area contributed by atoms with Crippen LogP contribution in [0.25, 0.3) is 0 Å². The largest absolute Gasteiger partial charge is 0.365 e. The highest BCUT2D eigenvalue weighted by molar-refractivity contribution is 7.89. The molecular weight excluding hydrogens is 302 g/mol. The third-order valence-electron chi connectivity index (χ3n) is 3.27. The molecule has 1 aromatic heterocycles. The van der Waals surface area contributed by atoms with Crippen LogP contribution in [0.5, 0.6) is 0 Å².